The molecule has 0 aliphatic heterocycles. The molecule has 2 aromatic carbocycles. The lowest BCUT2D eigenvalue weighted by atomic mass is 10.0. The summed E-state index contributed by atoms with van der Waals surface area (Å²) >= 11 is 8.13. The predicted octanol–water partition coefficient (Wildman–Crippen LogP) is 5.02. The Morgan fingerprint density at radius 1 is 1.04 bits per heavy atom. The molecule has 0 aliphatic carbocycles. The standard InChI is InChI=1S/C18H10ClN3O3S2/c19-11-4-1-9(2-5-11)12-8-26-17(15(12)18(24)25)20-16(23)10-3-6-13-14(7-10)22-27-21-13/h1-8H,(H,20,23)(H,24,25). The van der Waals surface area contributed by atoms with Gasteiger partial charge in [-0.1, -0.05) is 23.7 Å². The van der Waals surface area contributed by atoms with E-state index < -0.39 is 11.9 Å². The zero-order valence-electron chi connectivity index (χ0n) is 13.5. The number of hydrogen-bond donors (Lipinski definition) is 2. The molecule has 27 heavy (non-hydrogen) atoms. The summed E-state index contributed by atoms with van der Waals surface area (Å²) in [5, 5.41) is 14.9. The molecule has 0 radical (unpaired) electrons. The first kappa shape index (κ1) is 17.6. The number of rotatable bonds is 4. The van der Waals surface area contributed by atoms with Crippen molar-refractivity contribution in [3.05, 3.63) is 64.0 Å². The first-order valence-corrected chi connectivity index (χ1v) is 9.66. The highest BCUT2D eigenvalue weighted by Gasteiger charge is 2.21. The van der Waals surface area contributed by atoms with Gasteiger partial charge in [0.15, 0.2) is 0 Å². The Balaban J connectivity index is 1.68. The largest absolute Gasteiger partial charge is 0.478 e. The van der Waals surface area contributed by atoms with E-state index in [9.17, 15) is 14.7 Å². The highest BCUT2D eigenvalue weighted by atomic mass is 35.5. The van der Waals surface area contributed by atoms with Crippen LogP contribution in [0.25, 0.3) is 22.2 Å². The number of carbonyl (C=O) groups is 2. The lowest BCUT2D eigenvalue weighted by Gasteiger charge is -2.06. The van der Waals surface area contributed by atoms with Crippen LogP contribution in [0.2, 0.25) is 5.02 Å². The van der Waals surface area contributed by atoms with Gasteiger partial charge in [0.05, 0.1) is 11.7 Å². The van der Waals surface area contributed by atoms with Gasteiger partial charge in [-0.25, -0.2) is 4.79 Å². The SMILES string of the molecule is O=C(Nc1scc(-c2ccc(Cl)cc2)c1C(=O)O)c1ccc2nsnc2c1. The van der Waals surface area contributed by atoms with Gasteiger partial charge in [-0.3, -0.25) is 4.79 Å². The Labute approximate surface area is 166 Å². The number of aromatic carboxylic acids is 1. The molecule has 0 spiro atoms. The highest BCUT2D eigenvalue weighted by molar-refractivity contribution is 7.15. The average Bonchev–Trinajstić information content (AvgIpc) is 3.28. The van der Waals surface area contributed by atoms with Crippen molar-refractivity contribution in [1.29, 1.82) is 0 Å². The summed E-state index contributed by atoms with van der Waals surface area (Å²) in [5.41, 5.74) is 3.00. The van der Waals surface area contributed by atoms with Crippen molar-refractivity contribution in [3.8, 4) is 11.1 Å². The molecule has 0 bridgehead atoms. The van der Waals surface area contributed by atoms with Crippen LogP contribution in [0.3, 0.4) is 0 Å². The van der Waals surface area contributed by atoms with Gasteiger partial charge < -0.3 is 10.4 Å². The smallest absolute Gasteiger partial charge is 0.339 e. The van der Waals surface area contributed by atoms with Crippen LogP contribution < -0.4 is 5.32 Å². The fourth-order valence-corrected chi connectivity index (χ4v) is 4.20. The Morgan fingerprint density at radius 2 is 1.78 bits per heavy atom. The number of aromatic nitrogens is 2. The topological polar surface area (TPSA) is 92.2 Å². The predicted molar refractivity (Wildman–Crippen MR) is 107 cm³/mol. The summed E-state index contributed by atoms with van der Waals surface area (Å²) in [6.45, 7) is 0. The van der Waals surface area contributed by atoms with Crippen molar-refractivity contribution in [3.63, 3.8) is 0 Å². The van der Waals surface area contributed by atoms with Gasteiger partial charge >= 0.3 is 5.97 Å². The van der Waals surface area contributed by atoms with Gasteiger partial charge in [0, 0.05) is 21.5 Å². The molecular formula is C18H10ClN3O3S2. The van der Waals surface area contributed by atoms with Gasteiger partial charge in [0.1, 0.15) is 21.6 Å². The molecule has 2 heterocycles. The number of anilines is 1. The minimum Gasteiger partial charge on any atom is -0.478 e. The molecule has 2 N–H and O–H groups in total. The molecule has 0 saturated carbocycles. The number of halogens is 1. The third-order valence-corrected chi connectivity index (χ3v) is 5.61. The van der Waals surface area contributed by atoms with E-state index in [1.165, 1.54) is 0 Å². The van der Waals surface area contributed by atoms with Crippen molar-refractivity contribution >= 4 is 62.6 Å². The number of thiophene rings is 1. The zero-order valence-corrected chi connectivity index (χ0v) is 15.9. The molecular weight excluding hydrogens is 406 g/mol. The lowest BCUT2D eigenvalue weighted by molar-refractivity contribution is 0.0699. The van der Waals surface area contributed by atoms with Crippen LogP contribution in [0.1, 0.15) is 20.7 Å². The number of carboxylic acids is 1. The maximum absolute atomic E-state index is 12.6. The van der Waals surface area contributed by atoms with Crippen LogP contribution in [0.15, 0.2) is 47.8 Å². The second-order valence-electron chi connectivity index (χ2n) is 5.59. The Hall–Kier alpha value is -2.81. The Morgan fingerprint density at radius 3 is 2.52 bits per heavy atom. The summed E-state index contributed by atoms with van der Waals surface area (Å²) in [4.78, 5) is 24.4. The van der Waals surface area contributed by atoms with E-state index in [0.717, 1.165) is 23.1 Å². The molecule has 134 valence electrons. The Bertz CT molecular complexity index is 1170. The summed E-state index contributed by atoms with van der Waals surface area (Å²) < 4.78 is 8.21. The summed E-state index contributed by atoms with van der Waals surface area (Å²) in [6, 6.07) is 11.8. The van der Waals surface area contributed by atoms with E-state index in [-0.39, 0.29) is 10.6 Å². The van der Waals surface area contributed by atoms with E-state index >= 15 is 0 Å². The van der Waals surface area contributed by atoms with Gasteiger partial charge in [-0.05, 0) is 35.9 Å². The number of nitrogens with one attached hydrogen (secondary N) is 1. The van der Waals surface area contributed by atoms with Crippen molar-refractivity contribution in [1.82, 2.24) is 8.75 Å². The van der Waals surface area contributed by atoms with Gasteiger partial charge in [-0.15, -0.1) is 11.3 Å². The number of carbonyl (C=O) groups excluding carboxylic acids is 1. The van der Waals surface area contributed by atoms with E-state index in [1.807, 2.05) is 0 Å². The maximum atomic E-state index is 12.6. The van der Waals surface area contributed by atoms with Crippen LogP contribution in [-0.4, -0.2) is 25.7 Å². The number of nitrogens with zero attached hydrogens (tertiary/aromatic N) is 2. The minimum atomic E-state index is -1.12. The minimum absolute atomic E-state index is 0.0482. The quantitative estimate of drug-likeness (QED) is 0.488. The van der Waals surface area contributed by atoms with E-state index in [4.69, 9.17) is 11.6 Å². The number of fused-ring (bicyclic) bond motifs is 1. The number of benzene rings is 2. The summed E-state index contributed by atoms with van der Waals surface area (Å²) in [6.07, 6.45) is 0. The molecule has 4 aromatic rings. The third kappa shape index (κ3) is 3.42. The molecule has 0 unspecified atom stereocenters. The van der Waals surface area contributed by atoms with Gasteiger partial charge in [0.2, 0.25) is 0 Å². The van der Waals surface area contributed by atoms with E-state index in [0.29, 0.717) is 32.7 Å². The summed E-state index contributed by atoms with van der Waals surface area (Å²) in [5.74, 6) is -1.52. The van der Waals surface area contributed by atoms with Gasteiger partial charge in [0.25, 0.3) is 5.91 Å². The first-order chi connectivity index (χ1) is 13.0. The molecule has 2 aromatic heterocycles. The van der Waals surface area contributed by atoms with Crippen molar-refractivity contribution in [2.24, 2.45) is 0 Å². The fraction of sp³-hybridized carbons (Fsp3) is 0. The maximum Gasteiger partial charge on any atom is 0.339 e. The molecule has 0 aliphatic rings. The molecule has 4 rings (SSSR count). The van der Waals surface area contributed by atoms with Crippen LogP contribution in [0.5, 0.6) is 0 Å². The molecule has 0 fully saturated rings. The van der Waals surface area contributed by atoms with E-state index in [2.05, 4.69) is 14.1 Å². The lowest BCUT2D eigenvalue weighted by Crippen LogP contribution is -2.13. The van der Waals surface area contributed by atoms with Crippen LogP contribution >= 0.6 is 34.7 Å². The highest BCUT2D eigenvalue weighted by Crippen LogP contribution is 2.36. The average molecular weight is 416 g/mol. The zero-order chi connectivity index (χ0) is 19.0. The second-order valence-corrected chi connectivity index (χ2v) is 7.43. The molecule has 9 heteroatoms. The van der Waals surface area contributed by atoms with Crippen LogP contribution in [-0.2, 0) is 0 Å². The first-order valence-electron chi connectivity index (χ1n) is 7.67. The van der Waals surface area contributed by atoms with Crippen LogP contribution in [0, 0.1) is 0 Å². The molecule has 0 atom stereocenters. The second kappa shape index (κ2) is 7.07. The Kier molecular flexibility index (Phi) is 4.61. The van der Waals surface area contributed by atoms with Crippen molar-refractivity contribution in [2.45, 2.75) is 0 Å². The van der Waals surface area contributed by atoms with E-state index in [1.54, 1.807) is 47.8 Å². The molecule has 0 saturated heterocycles. The van der Waals surface area contributed by atoms with Gasteiger partial charge in [-0.2, -0.15) is 8.75 Å². The number of amides is 1. The third-order valence-electron chi connectivity index (χ3n) is 3.90. The van der Waals surface area contributed by atoms with Crippen LogP contribution in [0.4, 0.5) is 5.00 Å². The van der Waals surface area contributed by atoms with Crippen molar-refractivity contribution in [2.75, 3.05) is 5.32 Å². The fourth-order valence-electron chi connectivity index (χ4n) is 2.60. The monoisotopic (exact) mass is 415 g/mol. The van der Waals surface area contributed by atoms with Crippen molar-refractivity contribution < 1.29 is 14.7 Å². The number of hydrogen-bond acceptors (Lipinski definition) is 6. The normalized spacial score (nSPS) is 10.9. The summed E-state index contributed by atoms with van der Waals surface area (Å²) in [7, 11) is 0. The molecule has 1 amide bonds. The number of carboxylic acid groups (broad SMARTS) is 1. The molecule has 6 nitrogen and oxygen atoms in total.